The van der Waals surface area contributed by atoms with Crippen molar-refractivity contribution in [3.63, 3.8) is 0 Å². The maximum Gasteiger partial charge on any atom is 0.261 e. The van der Waals surface area contributed by atoms with Crippen LogP contribution in [0.1, 0.15) is 33.1 Å². The van der Waals surface area contributed by atoms with Gasteiger partial charge in [0, 0.05) is 12.0 Å². The third-order valence-electron chi connectivity index (χ3n) is 3.54. The predicted molar refractivity (Wildman–Crippen MR) is 95.3 cm³/mol. The SMILES string of the molecule is COCCOc1ccc([C@@H](C)NC(=O)c2ccc(C)s2)cc1OC. The van der Waals surface area contributed by atoms with Gasteiger partial charge in [-0.25, -0.2) is 0 Å². The molecule has 0 saturated heterocycles. The number of ether oxygens (including phenoxy) is 3. The van der Waals surface area contributed by atoms with E-state index < -0.39 is 0 Å². The molecule has 0 aliphatic carbocycles. The van der Waals surface area contributed by atoms with Crippen molar-refractivity contribution in [2.45, 2.75) is 19.9 Å². The minimum absolute atomic E-state index is 0.0695. The highest BCUT2D eigenvalue weighted by Gasteiger charge is 2.15. The summed E-state index contributed by atoms with van der Waals surface area (Å²) in [5, 5.41) is 3.00. The second-order valence-electron chi connectivity index (χ2n) is 5.36. The van der Waals surface area contributed by atoms with Crippen LogP contribution in [0.4, 0.5) is 0 Å². The summed E-state index contributed by atoms with van der Waals surface area (Å²) in [7, 11) is 3.23. The number of methoxy groups -OCH3 is 2. The van der Waals surface area contributed by atoms with E-state index in [1.54, 1.807) is 14.2 Å². The van der Waals surface area contributed by atoms with E-state index in [4.69, 9.17) is 14.2 Å². The summed E-state index contributed by atoms with van der Waals surface area (Å²) in [6, 6.07) is 9.31. The lowest BCUT2D eigenvalue weighted by Gasteiger charge is -2.17. The Balaban J connectivity index is 2.06. The number of amides is 1. The Morgan fingerprint density at radius 2 is 1.96 bits per heavy atom. The zero-order chi connectivity index (χ0) is 17.5. The molecule has 1 amide bonds. The van der Waals surface area contributed by atoms with E-state index in [0.29, 0.717) is 29.6 Å². The maximum atomic E-state index is 12.3. The van der Waals surface area contributed by atoms with Crippen molar-refractivity contribution in [3.8, 4) is 11.5 Å². The van der Waals surface area contributed by atoms with E-state index in [2.05, 4.69) is 5.32 Å². The van der Waals surface area contributed by atoms with E-state index in [1.807, 2.05) is 44.2 Å². The Kier molecular flexibility index (Phi) is 6.63. The van der Waals surface area contributed by atoms with Crippen LogP contribution in [0.5, 0.6) is 11.5 Å². The minimum Gasteiger partial charge on any atom is -0.493 e. The lowest BCUT2D eigenvalue weighted by Crippen LogP contribution is -2.25. The third kappa shape index (κ3) is 4.72. The molecule has 1 heterocycles. The highest BCUT2D eigenvalue weighted by Crippen LogP contribution is 2.30. The van der Waals surface area contributed by atoms with Gasteiger partial charge in [0.05, 0.1) is 24.6 Å². The van der Waals surface area contributed by atoms with Crippen LogP contribution in [0.3, 0.4) is 0 Å². The Hall–Kier alpha value is -2.05. The molecule has 5 nitrogen and oxygen atoms in total. The van der Waals surface area contributed by atoms with Crippen molar-refractivity contribution in [1.29, 1.82) is 0 Å². The first-order valence-corrected chi connectivity index (χ1v) is 8.53. The molecule has 2 aromatic rings. The molecule has 0 fully saturated rings. The van der Waals surface area contributed by atoms with E-state index in [-0.39, 0.29) is 11.9 Å². The molecule has 0 aliphatic rings. The zero-order valence-corrected chi connectivity index (χ0v) is 15.2. The van der Waals surface area contributed by atoms with Gasteiger partial charge in [0.25, 0.3) is 5.91 Å². The van der Waals surface area contributed by atoms with Crippen molar-refractivity contribution >= 4 is 17.2 Å². The molecule has 0 aliphatic heterocycles. The molecule has 0 radical (unpaired) electrons. The van der Waals surface area contributed by atoms with E-state index >= 15 is 0 Å². The van der Waals surface area contributed by atoms with Gasteiger partial charge in [-0.2, -0.15) is 0 Å². The van der Waals surface area contributed by atoms with Crippen molar-refractivity contribution in [2.75, 3.05) is 27.4 Å². The fourth-order valence-corrected chi connectivity index (χ4v) is 2.99. The fraction of sp³-hybridized carbons (Fsp3) is 0.389. The summed E-state index contributed by atoms with van der Waals surface area (Å²) in [6.45, 7) is 4.89. The van der Waals surface area contributed by atoms with E-state index in [9.17, 15) is 4.79 Å². The van der Waals surface area contributed by atoms with Gasteiger partial charge < -0.3 is 19.5 Å². The van der Waals surface area contributed by atoms with Crippen LogP contribution in [0.25, 0.3) is 0 Å². The van der Waals surface area contributed by atoms with Gasteiger partial charge in [0.15, 0.2) is 11.5 Å². The van der Waals surface area contributed by atoms with Crippen molar-refractivity contribution in [1.82, 2.24) is 5.32 Å². The van der Waals surface area contributed by atoms with E-state index in [1.165, 1.54) is 11.3 Å². The molecule has 0 spiro atoms. The highest BCUT2D eigenvalue weighted by atomic mass is 32.1. The van der Waals surface area contributed by atoms with Gasteiger partial charge in [0.2, 0.25) is 0 Å². The van der Waals surface area contributed by atoms with Crippen LogP contribution >= 0.6 is 11.3 Å². The third-order valence-corrected chi connectivity index (χ3v) is 4.54. The number of rotatable bonds is 8. The van der Waals surface area contributed by atoms with Crippen LogP contribution in [0.15, 0.2) is 30.3 Å². The molecule has 1 aromatic carbocycles. The first kappa shape index (κ1) is 18.3. The minimum atomic E-state index is -0.137. The van der Waals surface area contributed by atoms with Crippen LogP contribution in [0.2, 0.25) is 0 Å². The summed E-state index contributed by atoms with van der Waals surface area (Å²) in [5.74, 6) is 1.22. The molecule has 130 valence electrons. The first-order chi connectivity index (χ1) is 11.5. The molecule has 0 saturated carbocycles. The smallest absolute Gasteiger partial charge is 0.261 e. The van der Waals surface area contributed by atoms with Gasteiger partial charge in [0.1, 0.15) is 6.61 Å². The summed E-state index contributed by atoms with van der Waals surface area (Å²) in [6.07, 6.45) is 0. The quantitative estimate of drug-likeness (QED) is 0.740. The number of hydrogen-bond acceptors (Lipinski definition) is 5. The summed E-state index contributed by atoms with van der Waals surface area (Å²) >= 11 is 1.49. The van der Waals surface area contributed by atoms with E-state index in [0.717, 1.165) is 10.4 Å². The molecular formula is C18H23NO4S. The average molecular weight is 349 g/mol. The van der Waals surface area contributed by atoms with Crippen molar-refractivity contribution < 1.29 is 19.0 Å². The molecule has 24 heavy (non-hydrogen) atoms. The predicted octanol–water partition coefficient (Wildman–Crippen LogP) is 3.58. The summed E-state index contributed by atoms with van der Waals surface area (Å²) in [4.78, 5) is 14.1. The van der Waals surface area contributed by atoms with Gasteiger partial charge >= 0.3 is 0 Å². The monoisotopic (exact) mass is 349 g/mol. The van der Waals surface area contributed by atoms with Crippen LogP contribution in [0, 0.1) is 6.92 Å². The first-order valence-electron chi connectivity index (χ1n) is 7.72. The largest absolute Gasteiger partial charge is 0.493 e. The molecule has 2 rings (SSSR count). The molecule has 6 heteroatoms. The Morgan fingerprint density at radius 1 is 1.17 bits per heavy atom. The normalized spacial score (nSPS) is 11.8. The van der Waals surface area contributed by atoms with Gasteiger partial charge in [-0.1, -0.05) is 6.07 Å². The van der Waals surface area contributed by atoms with Gasteiger partial charge in [-0.05, 0) is 43.7 Å². The molecule has 1 N–H and O–H groups in total. The highest BCUT2D eigenvalue weighted by molar-refractivity contribution is 7.13. The summed E-state index contributed by atoms with van der Waals surface area (Å²) < 4.78 is 16.0. The van der Waals surface area contributed by atoms with Crippen LogP contribution < -0.4 is 14.8 Å². The van der Waals surface area contributed by atoms with Crippen LogP contribution in [-0.2, 0) is 4.74 Å². The second kappa shape index (κ2) is 8.70. The standard InChI is InChI=1S/C18H23NO4S/c1-12-5-8-17(24-12)18(20)19-13(2)14-6-7-15(16(11-14)22-4)23-10-9-21-3/h5-8,11,13H,9-10H2,1-4H3,(H,19,20)/t13-/m1/s1. The topological polar surface area (TPSA) is 56.8 Å². The molecular weight excluding hydrogens is 326 g/mol. The van der Waals surface area contributed by atoms with Crippen molar-refractivity contribution in [3.05, 3.63) is 45.6 Å². The summed E-state index contributed by atoms with van der Waals surface area (Å²) in [5.41, 5.74) is 0.951. The fourth-order valence-electron chi connectivity index (χ4n) is 2.22. The van der Waals surface area contributed by atoms with Gasteiger partial charge in [-0.15, -0.1) is 11.3 Å². The Bertz CT molecular complexity index is 683. The zero-order valence-electron chi connectivity index (χ0n) is 14.4. The molecule has 1 aromatic heterocycles. The van der Waals surface area contributed by atoms with Crippen molar-refractivity contribution in [2.24, 2.45) is 0 Å². The number of thiophene rings is 1. The lowest BCUT2D eigenvalue weighted by atomic mass is 10.1. The number of carbonyl (C=O) groups excluding carboxylic acids is 1. The number of aryl methyl sites for hydroxylation is 1. The Morgan fingerprint density at radius 3 is 2.58 bits per heavy atom. The lowest BCUT2D eigenvalue weighted by molar-refractivity contribution is 0.0944. The number of carbonyl (C=O) groups is 1. The Labute approximate surface area is 146 Å². The van der Waals surface area contributed by atoms with Crippen LogP contribution in [-0.4, -0.2) is 33.3 Å². The number of nitrogens with one attached hydrogen (secondary N) is 1. The van der Waals surface area contributed by atoms with Gasteiger partial charge in [-0.3, -0.25) is 4.79 Å². The molecule has 0 unspecified atom stereocenters. The average Bonchev–Trinajstić information content (AvgIpc) is 3.01. The number of benzene rings is 1. The molecule has 0 bridgehead atoms. The number of hydrogen-bond donors (Lipinski definition) is 1. The molecule has 1 atom stereocenters. The second-order valence-corrected chi connectivity index (χ2v) is 6.64. The maximum absolute atomic E-state index is 12.3.